The fourth-order valence-corrected chi connectivity index (χ4v) is 2.79. The molecule has 1 aliphatic carbocycles. The Labute approximate surface area is 103 Å². The van der Waals surface area contributed by atoms with Crippen LogP contribution in [0.3, 0.4) is 0 Å². The van der Waals surface area contributed by atoms with Gasteiger partial charge in [-0.15, -0.1) is 0 Å². The van der Waals surface area contributed by atoms with Gasteiger partial charge in [0.05, 0.1) is 0 Å². The second kappa shape index (κ2) is 4.75. The van der Waals surface area contributed by atoms with Crippen LogP contribution in [0.1, 0.15) is 37.2 Å². The van der Waals surface area contributed by atoms with Crippen molar-refractivity contribution in [1.29, 1.82) is 0 Å². The molecule has 0 bridgehead atoms. The highest BCUT2D eigenvalue weighted by Crippen LogP contribution is 2.34. The van der Waals surface area contributed by atoms with E-state index < -0.39 is 0 Å². The zero-order valence-electron chi connectivity index (χ0n) is 10.0. The minimum atomic E-state index is 0.813. The minimum absolute atomic E-state index is 0.813. The Bertz CT molecular complexity index is 461. The van der Waals surface area contributed by atoms with Gasteiger partial charge in [0.15, 0.2) is 0 Å². The number of hydrogen-bond donors (Lipinski definition) is 0. The van der Waals surface area contributed by atoms with Crippen LogP contribution in [-0.4, -0.2) is 0 Å². The van der Waals surface area contributed by atoms with Gasteiger partial charge in [-0.2, -0.15) is 0 Å². The Morgan fingerprint density at radius 3 is 2.00 bits per heavy atom. The minimum Gasteiger partial charge on any atom is -0.0581 e. The van der Waals surface area contributed by atoms with Crippen molar-refractivity contribution in [3.8, 4) is 11.1 Å². The van der Waals surface area contributed by atoms with Gasteiger partial charge in [-0.05, 0) is 41.5 Å². The van der Waals surface area contributed by atoms with Gasteiger partial charge < -0.3 is 0 Å². The molecule has 1 saturated carbocycles. The summed E-state index contributed by atoms with van der Waals surface area (Å²) in [5.41, 5.74) is 4.11. The zero-order valence-corrected chi connectivity index (χ0v) is 10.0. The molecule has 1 aliphatic rings. The van der Waals surface area contributed by atoms with E-state index in [0.717, 1.165) is 5.92 Å². The molecule has 0 aliphatic heterocycles. The Kier molecular flexibility index (Phi) is 2.96. The summed E-state index contributed by atoms with van der Waals surface area (Å²) >= 11 is 0. The first kappa shape index (κ1) is 10.6. The second-order valence-corrected chi connectivity index (χ2v) is 4.89. The van der Waals surface area contributed by atoms with E-state index in [4.69, 9.17) is 0 Å². The first-order valence-corrected chi connectivity index (χ1v) is 6.50. The largest absolute Gasteiger partial charge is 0.0581 e. The molecule has 0 heteroatoms. The Morgan fingerprint density at radius 1 is 0.765 bits per heavy atom. The van der Waals surface area contributed by atoms with Crippen LogP contribution in [0.5, 0.6) is 0 Å². The SMILES string of the molecule is [c]1ccc(-c2ccc(C3CCCC3)cc2)cc1. The Morgan fingerprint density at radius 2 is 1.35 bits per heavy atom. The average Bonchev–Trinajstić information content (AvgIpc) is 2.94. The summed E-state index contributed by atoms with van der Waals surface area (Å²) in [4.78, 5) is 0. The lowest BCUT2D eigenvalue weighted by molar-refractivity contribution is 0.723. The topological polar surface area (TPSA) is 0 Å². The molecule has 0 spiro atoms. The fraction of sp³-hybridized carbons (Fsp3) is 0.294. The van der Waals surface area contributed by atoms with Crippen molar-refractivity contribution >= 4 is 0 Å². The van der Waals surface area contributed by atoms with Crippen LogP contribution in [0.2, 0.25) is 0 Å². The predicted octanol–water partition coefficient (Wildman–Crippen LogP) is 4.81. The molecular weight excluding hydrogens is 204 g/mol. The fourth-order valence-electron chi connectivity index (χ4n) is 2.79. The number of benzene rings is 2. The molecule has 0 saturated heterocycles. The highest BCUT2D eigenvalue weighted by atomic mass is 14.2. The second-order valence-electron chi connectivity index (χ2n) is 4.89. The number of hydrogen-bond acceptors (Lipinski definition) is 0. The van der Waals surface area contributed by atoms with Crippen LogP contribution in [0.15, 0.2) is 48.5 Å². The summed E-state index contributed by atoms with van der Waals surface area (Å²) in [7, 11) is 0. The lowest BCUT2D eigenvalue weighted by Gasteiger charge is -2.10. The monoisotopic (exact) mass is 221 g/mol. The molecule has 1 fully saturated rings. The van der Waals surface area contributed by atoms with E-state index in [1.807, 2.05) is 12.1 Å². The molecule has 0 heterocycles. The van der Waals surface area contributed by atoms with Crippen molar-refractivity contribution in [2.75, 3.05) is 0 Å². The highest BCUT2D eigenvalue weighted by molar-refractivity contribution is 5.63. The van der Waals surface area contributed by atoms with Crippen LogP contribution < -0.4 is 0 Å². The molecule has 0 atom stereocenters. The first-order chi connectivity index (χ1) is 8.43. The van der Waals surface area contributed by atoms with Gasteiger partial charge in [0, 0.05) is 0 Å². The van der Waals surface area contributed by atoms with E-state index in [9.17, 15) is 0 Å². The number of rotatable bonds is 2. The van der Waals surface area contributed by atoms with Crippen molar-refractivity contribution in [3.05, 3.63) is 60.2 Å². The molecule has 2 aromatic rings. The Hall–Kier alpha value is -1.56. The lowest BCUT2D eigenvalue weighted by Crippen LogP contribution is -1.91. The standard InChI is InChI=1S/C17H17/c1-2-6-14(7-3-1)16-10-12-17(13-11-16)15-8-4-5-9-15/h2-3,6-7,10-13,15H,4-5,8-9H2. The third-order valence-electron chi connectivity index (χ3n) is 3.79. The third-order valence-corrected chi connectivity index (χ3v) is 3.79. The molecule has 0 aromatic heterocycles. The van der Waals surface area contributed by atoms with E-state index in [1.54, 1.807) is 0 Å². The van der Waals surface area contributed by atoms with Crippen molar-refractivity contribution in [1.82, 2.24) is 0 Å². The summed E-state index contributed by atoms with van der Waals surface area (Å²) in [6.07, 6.45) is 5.56. The average molecular weight is 221 g/mol. The van der Waals surface area contributed by atoms with Crippen molar-refractivity contribution < 1.29 is 0 Å². The molecule has 2 aromatic carbocycles. The molecular formula is C17H17. The van der Waals surface area contributed by atoms with E-state index in [-0.39, 0.29) is 0 Å². The summed E-state index contributed by atoms with van der Waals surface area (Å²) in [5.74, 6) is 0.813. The lowest BCUT2D eigenvalue weighted by atomic mass is 9.95. The molecule has 17 heavy (non-hydrogen) atoms. The maximum Gasteiger partial charge on any atom is -0.0162 e. The summed E-state index contributed by atoms with van der Waals surface area (Å²) in [6.45, 7) is 0. The van der Waals surface area contributed by atoms with Crippen molar-refractivity contribution in [2.24, 2.45) is 0 Å². The summed E-state index contributed by atoms with van der Waals surface area (Å²) in [5, 5.41) is 0. The van der Waals surface area contributed by atoms with E-state index >= 15 is 0 Å². The predicted molar refractivity (Wildman–Crippen MR) is 71.9 cm³/mol. The van der Waals surface area contributed by atoms with Crippen LogP contribution >= 0.6 is 0 Å². The van der Waals surface area contributed by atoms with Gasteiger partial charge in [0.25, 0.3) is 0 Å². The maximum atomic E-state index is 3.06. The van der Waals surface area contributed by atoms with Gasteiger partial charge >= 0.3 is 0 Å². The summed E-state index contributed by atoms with van der Waals surface area (Å²) < 4.78 is 0. The van der Waals surface area contributed by atoms with Gasteiger partial charge in [-0.1, -0.05) is 61.4 Å². The van der Waals surface area contributed by atoms with Crippen LogP contribution in [0.25, 0.3) is 11.1 Å². The zero-order chi connectivity index (χ0) is 11.5. The van der Waals surface area contributed by atoms with Gasteiger partial charge in [-0.3, -0.25) is 0 Å². The summed E-state index contributed by atoms with van der Waals surface area (Å²) in [6, 6.07) is 20.4. The highest BCUT2D eigenvalue weighted by Gasteiger charge is 2.16. The smallest absolute Gasteiger partial charge is 0.0162 e. The van der Waals surface area contributed by atoms with Crippen LogP contribution in [0, 0.1) is 6.07 Å². The van der Waals surface area contributed by atoms with E-state index in [1.165, 1.54) is 42.4 Å². The van der Waals surface area contributed by atoms with Crippen molar-refractivity contribution in [2.45, 2.75) is 31.6 Å². The van der Waals surface area contributed by atoms with Gasteiger partial charge in [0.1, 0.15) is 0 Å². The van der Waals surface area contributed by atoms with Gasteiger partial charge in [-0.25, -0.2) is 0 Å². The molecule has 0 N–H and O–H groups in total. The maximum absolute atomic E-state index is 3.06. The van der Waals surface area contributed by atoms with Gasteiger partial charge in [0.2, 0.25) is 0 Å². The normalized spacial score (nSPS) is 16.2. The molecule has 0 nitrogen and oxygen atoms in total. The van der Waals surface area contributed by atoms with Crippen LogP contribution in [-0.2, 0) is 0 Å². The Balaban J connectivity index is 1.85. The molecule has 0 unspecified atom stereocenters. The molecule has 3 rings (SSSR count). The molecule has 1 radical (unpaired) electrons. The van der Waals surface area contributed by atoms with Crippen LogP contribution in [0.4, 0.5) is 0 Å². The van der Waals surface area contributed by atoms with E-state index in [0.29, 0.717) is 0 Å². The quantitative estimate of drug-likeness (QED) is 0.682. The first-order valence-electron chi connectivity index (χ1n) is 6.50. The molecule has 85 valence electrons. The van der Waals surface area contributed by atoms with Crippen molar-refractivity contribution in [3.63, 3.8) is 0 Å². The third kappa shape index (κ3) is 2.26. The van der Waals surface area contributed by atoms with E-state index in [2.05, 4.69) is 42.5 Å². The molecule has 0 amide bonds.